The summed E-state index contributed by atoms with van der Waals surface area (Å²) in [6.07, 6.45) is 0. The number of anilines is 3. The molecule has 60 heavy (non-hydrogen) atoms. The van der Waals surface area contributed by atoms with Crippen LogP contribution < -0.4 is 4.90 Å². The van der Waals surface area contributed by atoms with E-state index in [2.05, 4.69) is 195 Å². The Labute approximate surface area is 348 Å². The molecule has 0 spiro atoms. The van der Waals surface area contributed by atoms with Crippen molar-refractivity contribution in [2.75, 3.05) is 4.90 Å². The van der Waals surface area contributed by atoms with Gasteiger partial charge in [-0.05, 0) is 99.1 Å². The second-order valence-corrected chi connectivity index (χ2v) is 16.5. The van der Waals surface area contributed by atoms with E-state index in [0.717, 1.165) is 83.2 Å². The van der Waals surface area contributed by atoms with Gasteiger partial charge in [0.05, 0.1) is 0 Å². The van der Waals surface area contributed by atoms with E-state index in [-0.39, 0.29) is 5.41 Å². The van der Waals surface area contributed by atoms with Gasteiger partial charge in [0.2, 0.25) is 0 Å². The summed E-state index contributed by atoms with van der Waals surface area (Å²) in [7, 11) is 0. The molecule has 3 nitrogen and oxygen atoms in total. The summed E-state index contributed by atoms with van der Waals surface area (Å²) >= 11 is 0. The Morgan fingerprint density at radius 2 is 0.833 bits per heavy atom. The topological polar surface area (TPSA) is 29.5 Å². The summed E-state index contributed by atoms with van der Waals surface area (Å²) in [6.45, 7) is 4.66. The smallest absolute Gasteiger partial charge is 0.143 e. The number of hydrogen-bond donors (Lipinski definition) is 0. The Bertz CT molecular complexity index is 3460. The summed E-state index contributed by atoms with van der Waals surface area (Å²) in [4.78, 5) is 2.35. The summed E-state index contributed by atoms with van der Waals surface area (Å²) < 4.78 is 12.9. The normalized spacial score (nSPS) is 13.0. The summed E-state index contributed by atoms with van der Waals surface area (Å²) in [5.41, 5.74) is 18.9. The summed E-state index contributed by atoms with van der Waals surface area (Å²) in [5, 5.41) is 4.50. The third kappa shape index (κ3) is 5.29. The van der Waals surface area contributed by atoms with Gasteiger partial charge in [0.25, 0.3) is 0 Å². The number of fused-ring (bicyclic) bond motifs is 9. The number of rotatable bonds is 6. The average Bonchev–Trinajstić information content (AvgIpc) is 3.95. The zero-order chi connectivity index (χ0) is 40.0. The fraction of sp³-hybridized carbons (Fsp3) is 0.0526. The van der Waals surface area contributed by atoms with Gasteiger partial charge in [0.15, 0.2) is 0 Å². The Kier molecular flexibility index (Phi) is 7.58. The van der Waals surface area contributed by atoms with E-state index in [4.69, 9.17) is 8.83 Å². The lowest BCUT2D eigenvalue weighted by molar-refractivity contribution is 0.660. The second kappa shape index (κ2) is 13.2. The van der Waals surface area contributed by atoms with Gasteiger partial charge in [0, 0.05) is 55.1 Å². The van der Waals surface area contributed by atoms with Gasteiger partial charge in [-0.1, -0.05) is 159 Å². The molecule has 0 saturated heterocycles. The second-order valence-electron chi connectivity index (χ2n) is 16.5. The fourth-order valence-electron chi connectivity index (χ4n) is 9.70. The zero-order valence-electron chi connectivity index (χ0n) is 33.3. The minimum absolute atomic E-state index is 0.0204. The first-order chi connectivity index (χ1) is 29.5. The average molecular weight is 770 g/mol. The van der Waals surface area contributed by atoms with Crippen LogP contribution in [0.4, 0.5) is 17.1 Å². The lowest BCUT2D eigenvalue weighted by Gasteiger charge is -2.26. The molecule has 0 atom stereocenters. The molecule has 0 fully saturated rings. The monoisotopic (exact) mass is 769 g/mol. The van der Waals surface area contributed by atoms with Crippen molar-refractivity contribution in [2.45, 2.75) is 19.3 Å². The predicted molar refractivity (Wildman–Crippen MR) is 250 cm³/mol. The first-order valence-corrected chi connectivity index (χ1v) is 20.7. The highest BCUT2D eigenvalue weighted by molar-refractivity contribution is 6.10. The molecular weight excluding hydrogens is 731 g/mol. The Morgan fingerprint density at radius 3 is 1.50 bits per heavy atom. The van der Waals surface area contributed by atoms with Crippen LogP contribution in [0.3, 0.4) is 0 Å². The lowest BCUT2D eigenvalue weighted by atomic mass is 9.82. The van der Waals surface area contributed by atoms with Crippen molar-refractivity contribution in [1.29, 1.82) is 0 Å². The molecular formula is C57H39NO2. The molecule has 1 aliphatic rings. The van der Waals surface area contributed by atoms with Gasteiger partial charge in [-0.15, -0.1) is 0 Å². The molecule has 2 aromatic heterocycles. The van der Waals surface area contributed by atoms with Crippen molar-refractivity contribution in [3.63, 3.8) is 0 Å². The van der Waals surface area contributed by atoms with Crippen LogP contribution in [0, 0.1) is 0 Å². The van der Waals surface area contributed by atoms with Crippen molar-refractivity contribution >= 4 is 60.9 Å². The Morgan fingerprint density at radius 1 is 0.333 bits per heavy atom. The molecule has 0 unspecified atom stereocenters. The largest absolute Gasteiger partial charge is 0.455 e. The molecule has 0 saturated carbocycles. The van der Waals surface area contributed by atoms with E-state index in [9.17, 15) is 0 Å². The molecule has 0 bridgehead atoms. The minimum atomic E-state index is -0.0204. The van der Waals surface area contributed by atoms with Gasteiger partial charge in [-0.2, -0.15) is 0 Å². The fourth-order valence-corrected chi connectivity index (χ4v) is 9.70. The van der Waals surface area contributed by atoms with E-state index >= 15 is 0 Å². The van der Waals surface area contributed by atoms with Crippen LogP contribution in [0.5, 0.6) is 0 Å². The van der Waals surface area contributed by atoms with Crippen molar-refractivity contribution in [3.05, 3.63) is 211 Å². The molecule has 1 aliphatic carbocycles. The predicted octanol–water partition coefficient (Wildman–Crippen LogP) is 16.3. The number of nitrogens with zero attached hydrogens (tertiary/aromatic N) is 1. The molecule has 2 heterocycles. The van der Waals surface area contributed by atoms with Gasteiger partial charge < -0.3 is 13.7 Å². The molecule has 11 aromatic rings. The molecule has 3 heteroatoms. The van der Waals surface area contributed by atoms with E-state index in [1.54, 1.807) is 0 Å². The van der Waals surface area contributed by atoms with E-state index < -0.39 is 0 Å². The number of hydrogen-bond acceptors (Lipinski definition) is 3. The van der Waals surface area contributed by atoms with Gasteiger partial charge in [-0.3, -0.25) is 0 Å². The lowest BCUT2D eigenvalue weighted by Crippen LogP contribution is -2.14. The van der Waals surface area contributed by atoms with Crippen LogP contribution in [-0.2, 0) is 5.41 Å². The maximum absolute atomic E-state index is 6.51. The molecule has 0 N–H and O–H groups in total. The van der Waals surface area contributed by atoms with Crippen LogP contribution in [0.1, 0.15) is 25.0 Å². The molecule has 12 rings (SSSR count). The summed E-state index contributed by atoms with van der Waals surface area (Å²) in [6, 6.07) is 71.9. The molecule has 0 aliphatic heterocycles. The van der Waals surface area contributed by atoms with Crippen LogP contribution in [0.15, 0.2) is 209 Å². The van der Waals surface area contributed by atoms with Crippen molar-refractivity contribution < 1.29 is 8.83 Å². The highest BCUT2D eigenvalue weighted by atomic mass is 16.3. The SMILES string of the molecule is CC1(C)c2ccccc2-c2cc(-c3ccc(N(c4ccc(-c5cccc6c5oc5ccccc56)cc4)c4cccc(-c5cccc6c5oc5ccccc56)c4)cc3)ccc21. The van der Waals surface area contributed by atoms with Crippen LogP contribution >= 0.6 is 0 Å². The molecule has 9 aromatic carbocycles. The first kappa shape index (κ1) is 34.4. The third-order valence-corrected chi connectivity index (χ3v) is 12.7. The quantitative estimate of drug-likeness (QED) is 0.169. The van der Waals surface area contributed by atoms with E-state index in [1.807, 2.05) is 24.3 Å². The Balaban J connectivity index is 0.967. The standard InChI is InChI=1S/C57H39NO2/c1-57(2)51-21-6-3-14-45(51)50-35-38(28-33-52(50)57)36-24-29-40(30-25-36)58(41-31-26-37(27-32-41)43-17-10-19-48-46-15-4-7-22-53(46)59-55(43)48)42-13-9-12-39(34-42)44-18-11-20-49-47-16-5-8-23-54(47)60-56(44)49/h3-35H,1-2H3. The number of para-hydroxylation sites is 4. The van der Waals surface area contributed by atoms with Crippen LogP contribution in [-0.4, -0.2) is 0 Å². The highest BCUT2D eigenvalue weighted by Crippen LogP contribution is 2.50. The maximum Gasteiger partial charge on any atom is 0.143 e. The Hall–Kier alpha value is -7.62. The number of furan rings is 2. The number of benzene rings is 9. The van der Waals surface area contributed by atoms with Crippen molar-refractivity contribution in [1.82, 2.24) is 0 Å². The molecule has 0 amide bonds. The molecule has 0 radical (unpaired) electrons. The zero-order valence-corrected chi connectivity index (χ0v) is 33.3. The minimum Gasteiger partial charge on any atom is -0.455 e. The van der Waals surface area contributed by atoms with Gasteiger partial charge in [-0.25, -0.2) is 0 Å². The third-order valence-electron chi connectivity index (χ3n) is 12.7. The van der Waals surface area contributed by atoms with Crippen molar-refractivity contribution in [2.24, 2.45) is 0 Å². The van der Waals surface area contributed by atoms with Crippen LogP contribution in [0.2, 0.25) is 0 Å². The van der Waals surface area contributed by atoms with E-state index in [0.29, 0.717) is 0 Å². The highest BCUT2D eigenvalue weighted by Gasteiger charge is 2.35. The molecule has 284 valence electrons. The van der Waals surface area contributed by atoms with Gasteiger partial charge >= 0.3 is 0 Å². The first-order valence-electron chi connectivity index (χ1n) is 20.7. The van der Waals surface area contributed by atoms with E-state index in [1.165, 1.54) is 33.4 Å². The van der Waals surface area contributed by atoms with Gasteiger partial charge in [0.1, 0.15) is 22.3 Å². The van der Waals surface area contributed by atoms with Crippen molar-refractivity contribution in [3.8, 4) is 44.5 Å². The summed E-state index contributed by atoms with van der Waals surface area (Å²) in [5.74, 6) is 0. The van der Waals surface area contributed by atoms with Crippen LogP contribution in [0.25, 0.3) is 88.4 Å². The maximum atomic E-state index is 6.51.